The number of rotatable bonds is 4. The van der Waals surface area contributed by atoms with Gasteiger partial charge in [-0.05, 0) is 56.6 Å². The molecule has 0 radical (unpaired) electrons. The minimum Gasteiger partial charge on any atom is -0.481 e. The highest BCUT2D eigenvalue weighted by Crippen LogP contribution is 2.40. The highest BCUT2D eigenvalue weighted by Gasteiger charge is 2.48. The van der Waals surface area contributed by atoms with Gasteiger partial charge < -0.3 is 15.3 Å². The minimum absolute atomic E-state index is 0.0648. The Morgan fingerprint density at radius 3 is 2.43 bits per heavy atom. The summed E-state index contributed by atoms with van der Waals surface area (Å²) in [6.45, 7) is 0. The van der Waals surface area contributed by atoms with Crippen molar-refractivity contribution >= 4 is 17.8 Å². The van der Waals surface area contributed by atoms with Crippen LogP contribution in [0, 0.1) is 11.8 Å². The van der Waals surface area contributed by atoms with Crippen molar-refractivity contribution in [2.45, 2.75) is 69.5 Å². The first-order chi connectivity index (χ1) is 13.5. The van der Waals surface area contributed by atoms with Gasteiger partial charge in [-0.25, -0.2) is 0 Å². The molecule has 2 N–H and O–H groups in total. The van der Waals surface area contributed by atoms with Crippen LogP contribution in [0.2, 0.25) is 0 Å². The molecule has 1 saturated heterocycles. The Morgan fingerprint density at radius 1 is 0.964 bits per heavy atom. The summed E-state index contributed by atoms with van der Waals surface area (Å²) in [6.07, 6.45) is 6.76. The zero-order chi connectivity index (χ0) is 19.7. The third kappa shape index (κ3) is 3.64. The molecule has 1 aromatic rings. The van der Waals surface area contributed by atoms with Gasteiger partial charge in [0.15, 0.2) is 0 Å². The van der Waals surface area contributed by atoms with E-state index in [-0.39, 0.29) is 29.8 Å². The maximum Gasteiger partial charge on any atom is 0.306 e. The summed E-state index contributed by atoms with van der Waals surface area (Å²) in [5.74, 6) is -0.963. The molecule has 1 heterocycles. The average molecular weight is 384 g/mol. The number of nitrogens with one attached hydrogen (secondary N) is 1. The largest absolute Gasteiger partial charge is 0.481 e. The lowest BCUT2D eigenvalue weighted by atomic mass is 9.84. The fourth-order valence-corrected chi connectivity index (χ4v) is 5.35. The fraction of sp³-hybridized carbons (Fsp3) is 0.591. The summed E-state index contributed by atoms with van der Waals surface area (Å²) < 4.78 is 0. The topological polar surface area (TPSA) is 86.7 Å². The molecule has 0 bridgehead atoms. The van der Waals surface area contributed by atoms with Gasteiger partial charge in [-0.3, -0.25) is 14.4 Å². The van der Waals surface area contributed by atoms with Crippen molar-refractivity contribution in [3.63, 3.8) is 0 Å². The van der Waals surface area contributed by atoms with E-state index in [0.29, 0.717) is 37.2 Å². The number of nitrogens with zero attached hydrogens (tertiary/aromatic N) is 1. The summed E-state index contributed by atoms with van der Waals surface area (Å²) >= 11 is 0. The second-order valence-electron chi connectivity index (χ2n) is 8.50. The van der Waals surface area contributed by atoms with Crippen LogP contribution in [0.15, 0.2) is 30.3 Å². The van der Waals surface area contributed by atoms with Crippen LogP contribution in [0.1, 0.15) is 61.7 Å². The molecule has 28 heavy (non-hydrogen) atoms. The van der Waals surface area contributed by atoms with E-state index in [9.17, 15) is 19.5 Å². The standard InChI is InChI=1S/C22H28N2O4/c25-20(23-17-11-10-16(12-17)22(27)28)19-13-15-8-4-5-9-18(15)24(19)21(26)14-6-2-1-3-7-14/h1-3,6-7,15-19H,4-5,8-13H2,(H,23,25)(H,27,28)/t15?,16-,17+,18?,19?/m1/s1. The van der Waals surface area contributed by atoms with Crippen molar-refractivity contribution in [3.8, 4) is 0 Å². The number of carbonyl (C=O) groups is 3. The normalized spacial score (nSPS) is 32.0. The van der Waals surface area contributed by atoms with Crippen LogP contribution in [-0.2, 0) is 9.59 Å². The number of fused-ring (bicyclic) bond motifs is 1. The molecule has 2 saturated carbocycles. The molecule has 3 fully saturated rings. The Labute approximate surface area is 165 Å². The smallest absolute Gasteiger partial charge is 0.306 e. The van der Waals surface area contributed by atoms with E-state index in [0.717, 1.165) is 25.7 Å². The van der Waals surface area contributed by atoms with Crippen LogP contribution in [0.4, 0.5) is 0 Å². The maximum absolute atomic E-state index is 13.3. The fourth-order valence-electron chi connectivity index (χ4n) is 5.35. The minimum atomic E-state index is -0.787. The second kappa shape index (κ2) is 7.94. The molecule has 6 nitrogen and oxygen atoms in total. The van der Waals surface area contributed by atoms with Gasteiger partial charge in [-0.1, -0.05) is 31.0 Å². The van der Waals surface area contributed by atoms with E-state index in [4.69, 9.17) is 0 Å². The molecule has 1 aliphatic heterocycles. The van der Waals surface area contributed by atoms with E-state index in [1.54, 1.807) is 0 Å². The van der Waals surface area contributed by atoms with E-state index >= 15 is 0 Å². The van der Waals surface area contributed by atoms with Crippen LogP contribution in [0.25, 0.3) is 0 Å². The van der Waals surface area contributed by atoms with E-state index in [1.165, 1.54) is 0 Å². The quantitative estimate of drug-likeness (QED) is 0.836. The van der Waals surface area contributed by atoms with Crippen LogP contribution in [0.3, 0.4) is 0 Å². The van der Waals surface area contributed by atoms with E-state index < -0.39 is 12.0 Å². The molecule has 6 heteroatoms. The zero-order valence-electron chi connectivity index (χ0n) is 16.0. The number of benzene rings is 1. The second-order valence-corrected chi connectivity index (χ2v) is 8.50. The molecule has 3 unspecified atom stereocenters. The van der Waals surface area contributed by atoms with Crippen LogP contribution in [0.5, 0.6) is 0 Å². The molecule has 4 rings (SSSR count). The number of amides is 2. The highest BCUT2D eigenvalue weighted by molar-refractivity contribution is 5.98. The molecule has 150 valence electrons. The summed E-state index contributed by atoms with van der Waals surface area (Å²) in [5, 5.41) is 12.2. The van der Waals surface area contributed by atoms with Crippen LogP contribution < -0.4 is 5.32 Å². The average Bonchev–Trinajstić information content (AvgIpc) is 3.33. The third-order valence-corrected chi connectivity index (χ3v) is 6.77. The lowest BCUT2D eigenvalue weighted by molar-refractivity contribution is -0.141. The summed E-state index contributed by atoms with van der Waals surface area (Å²) in [6, 6.07) is 8.77. The van der Waals surface area contributed by atoms with Crippen molar-refractivity contribution < 1.29 is 19.5 Å². The molecule has 1 aromatic carbocycles. The predicted octanol–water partition coefficient (Wildman–Crippen LogP) is 2.83. The number of hydrogen-bond acceptors (Lipinski definition) is 3. The first-order valence-corrected chi connectivity index (χ1v) is 10.5. The maximum atomic E-state index is 13.3. The first-order valence-electron chi connectivity index (χ1n) is 10.5. The number of carboxylic acids is 1. The zero-order valence-corrected chi connectivity index (χ0v) is 16.0. The Morgan fingerprint density at radius 2 is 1.71 bits per heavy atom. The Balaban J connectivity index is 1.51. The van der Waals surface area contributed by atoms with Gasteiger partial charge in [0.05, 0.1) is 5.92 Å². The summed E-state index contributed by atoms with van der Waals surface area (Å²) in [7, 11) is 0. The van der Waals surface area contributed by atoms with Gasteiger partial charge in [0, 0.05) is 17.6 Å². The number of carbonyl (C=O) groups excluding carboxylic acids is 2. The van der Waals surface area contributed by atoms with Crippen molar-refractivity contribution in [3.05, 3.63) is 35.9 Å². The van der Waals surface area contributed by atoms with Crippen LogP contribution >= 0.6 is 0 Å². The van der Waals surface area contributed by atoms with Gasteiger partial charge in [0.1, 0.15) is 6.04 Å². The lowest BCUT2D eigenvalue weighted by Crippen LogP contribution is -2.51. The van der Waals surface area contributed by atoms with E-state index in [2.05, 4.69) is 5.32 Å². The van der Waals surface area contributed by atoms with Crippen molar-refractivity contribution in [1.29, 1.82) is 0 Å². The Bertz CT molecular complexity index is 750. The van der Waals surface area contributed by atoms with Gasteiger partial charge in [-0.15, -0.1) is 0 Å². The van der Waals surface area contributed by atoms with Crippen molar-refractivity contribution in [2.75, 3.05) is 0 Å². The molecular weight excluding hydrogens is 356 g/mol. The number of likely N-dealkylation sites (tertiary alicyclic amines) is 1. The SMILES string of the molecule is O=C(N[C@H]1CC[C@@H](C(=O)O)C1)C1CC2CCCCC2N1C(=O)c1ccccc1. The van der Waals surface area contributed by atoms with Crippen molar-refractivity contribution in [2.24, 2.45) is 11.8 Å². The van der Waals surface area contributed by atoms with Crippen LogP contribution in [-0.4, -0.2) is 45.9 Å². The highest BCUT2D eigenvalue weighted by atomic mass is 16.4. The molecule has 2 aliphatic carbocycles. The summed E-state index contributed by atoms with van der Waals surface area (Å²) in [5.41, 5.74) is 0.623. The monoisotopic (exact) mass is 384 g/mol. The van der Waals surface area contributed by atoms with Gasteiger partial charge >= 0.3 is 5.97 Å². The van der Waals surface area contributed by atoms with E-state index in [1.807, 2.05) is 35.2 Å². The summed E-state index contributed by atoms with van der Waals surface area (Å²) in [4.78, 5) is 39.4. The van der Waals surface area contributed by atoms with Gasteiger partial charge in [0.25, 0.3) is 5.91 Å². The molecule has 2 amide bonds. The lowest BCUT2D eigenvalue weighted by Gasteiger charge is -2.34. The van der Waals surface area contributed by atoms with Crippen molar-refractivity contribution in [1.82, 2.24) is 10.2 Å². The molecule has 0 aromatic heterocycles. The molecule has 0 spiro atoms. The first kappa shape index (κ1) is 19.0. The Kier molecular flexibility index (Phi) is 5.38. The van der Waals surface area contributed by atoms with Gasteiger partial charge in [-0.2, -0.15) is 0 Å². The Hall–Kier alpha value is -2.37. The number of aliphatic carboxylic acids is 1. The number of carboxylic acid groups (broad SMARTS) is 1. The third-order valence-electron chi connectivity index (χ3n) is 6.77. The van der Waals surface area contributed by atoms with Gasteiger partial charge in [0.2, 0.25) is 5.91 Å². The molecule has 5 atom stereocenters. The molecule has 3 aliphatic rings. The molecular formula is C22H28N2O4. The predicted molar refractivity (Wildman–Crippen MR) is 104 cm³/mol. The number of hydrogen-bond donors (Lipinski definition) is 2.